The minimum absolute atomic E-state index is 0.0436. The Kier molecular flexibility index (Phi) is 3.94. The molecule has 0 spiro atoms. The summed E-state index contributed by atoms with van der Waals surface area (Å²) in [6, 6.07) is 0. The zero-order valence-corrected chi connectivity index (χ0v) is 12.1. The molecule has 0 bridgehead atoms. The third-order valence-corrected chi connectivity index (χ3v) is 4.10. The van der Waals surface area contributed by atoms with Gasteiger partial charge in [0, 0.05) is 26.5 Å². The van der Waals surface area contributed by atoms with E-state index in [2.05, 4.69) is 11.9 Å². The Morgan fingerprint density at radius 3 is 3.00 bits per heavy atom. The van der Waals surface area contributed by atoms with Crippen LogP contribution in [-0.4, -0.2) is 32.9 Å². The van der Waals surface area contributed by atoms with E-state index in [1.165, 1.54) is 6.42 Å². The van der Waals surface area contributed by atoms with Crippen molar-refractivity contribution >= 4 is 5.91 Å². The first kappa shape index (κ1) is 14.1. The van der Waals surface area contributed by atoms with Crippen LogP contribution in [0.15, 0.2) is 12.4 Å². The summed E-state index contributed by atoms with van der Waals surface area (Å²) in [5, 5.41) is 0. The van der Waals surface area contributed by atoms with Gasteiger partial charge in [-0.05, 0) is 18.8 Å². The molecule has 1 amide bonds. The summed E-state index contributed by atoms with van der Waals surface area (Å²) in [5.41, 5.74) is 5.66. The molecule has 0 aliphatic heterocycles. The van der Waals surface area contributed by atoms with Crippen molar-refractivity contribution in [3.05, 3.63) is 18.2 Å². The van der Waals surface area contributed by atoms with Gasteiger partial charge < -0.3 is 15.2 Å². The normalized spacial score (nSPS) is 27.3. The summed E-state index contributed by atoms with van der Waals surface area (Å²) in [6.45, 7) is 2.68. The van der Waals surface area contributed by atoms with Gasteiger partial charge >= 0.3 is 0 Å². The van der Waals surface area contributed by atoms with Gasteiger partial charge in [0.1, 0.15) is 5.82 Å². The number of likely N-dealkylation sites (N-methyl/N-ethyl adjacent to an activating group) is 1. The SMILES string of the molecule is CC1CCCC(N)(C(=O)N(C)Cc2nccn2C)C1. The molecule has 19 heavy (non-hydrogen) atoms. The summed E-state index contributed by atoms with van der Waals surface area (Å²) in [6.07, 6.45) is 7.43. The van der Waals surface area contributed by atoms with Gasteiger partial charge in [-0.2, -0.15) is 0 Å². The maximum absolute atomic E-state index is 12.6. The quantitative estimate of drug-likeness (QED) is 0.894. The van der Waals surface area contributed by atoms with Crippen LogP contribution in [0.3, 0.4) is 0 Å². The van der Waals surface area contributed by atoms with Crippen LogP contribution < -0.4 is 5.73 Å². The van der Waals surface area contributed by atoms with Crippen molar-refractivity contribution in [3.63, 3.8) is 0 Å². The maximum atomic E-state index is 12.6. The molecule has 1 heterocycles. The first-order valence-corrected chi connectivity index (χ1v) is 6.93. The Morgan fingerprint density at radius 2 is 2.42 bits per heavy atom. The molecule has 1 aromatic rings. The predicted molar refractivity (Wildman–Crippen MR) is 74.2 cm³/mol. The molecule has 2 N–H and O–H groups in total. The molecule has 1 aromatic heterocycles. The van der Waals surface area contributed by atoms with E-state index in [9.17, 15) is 4.79 Å². The maximum Gasteiger partial charge on any atom is 0.242 e. The average molecular weight is 264 g/mol. The van der Waals surface area contributed by atoms with Crippen molar-refractivity contribution in [1.29, 1.82) is 0 Å². The summed E-state index contributed by atoms with van der Waals surface area (Å²) in [5.74, 6) is 1.45. The number of amides is 1. The number of imidazole rings is 1. The molecule has 1 saturated carbocycles. The Labute approximate surface area is 114 Å². The minimum Gasteiger partial charge on any atom is -0.337 e. The van der Waals surface area contributed by atoms with Crippen molar-refractivity contribution in [1.82, 2.24) is 14.5 Å². The summed E-state index contributed by atoms with van der Waals surface area (Å²) < 4.78 is 1.93. The lowest BCUT2D eigenvalue weighted by Crippen LogP contribution is -2.56. The molecule has 2 unspecified atom stereocenters. The lowest BCUT2D eigenvalue weighted by atomic mass is 9.76. The molecule has 0 aromatic carbocycles. The van der Waals surface area contributed by atoms with Crippen LogP contribution in [0, 0.1) is 5.92 Å². The number of carbonyl (C=O) groups is 1. The van der Waals surface area contributed by atoms with Gasteiger partial charge in [-0.1, -0.05) is 19.8 Å². The van der Waals surface area contributed by atoms with E-state index in [1.807, 2.05) is 24.9 Å². The molecule has 2 rings (SSSR count). The van der Waals surface area contributed by atoms with E-state index in [4.69, 9.17) is 5.73 Å². The fraction of sp³-hybridized carbons (Fsp3) is 0.714. The van der Waals surface area contributed by atoms with Crippen LogP contribution in [0.1, 0.15) is 38.4 Å². The Balaban J connectivity index is 2.04. The zero-order valence-electron chi connectivity index (χ0n) is 12.1. The van der Waals surface area contributed by atoms with Crippen molar-refractivity contribution in [2.24, 2.45) is 18.7 Å². The van der Waals surface area contributed by atoms with Crippen LogP contribution in [0.2, 0.25) is 0 Å². The highest BCUT2D eigenvalue weighted by Gasteiger charge is 2.39. The standard InChI is InChI=1S/C14H24N4O/c1-11-5-4-6-14(15,9-11)13(19)18(3)10-12-16-7-8-17(12)2/h7-8,11H,4-6,9-10,15H2,1-3H3. The second-order valence-corrected chi connectivity index (χ2v) is 5.97. The van der Waals surface area contributed by atoms with Crippen molar-refractivity contribution in [2.75, 3.05) is 7.05 Å². The predicted octanol–water partition coefficient (Wildman–Crippen LogP) is 1.29. The van der Waals surface area contributed by atoms with E-state index >= 15 is 0 Å². The molecule has 1 aliphatic rings. The van der Waals surface area contributed by atoms with Gasteiger partial charge in [0.05, 0.1) is 12.1 Å². The van der Waals surface area contributed by atoms with Gasteiger partial charge in [-0.3, -0.25) is 4.79 Å². The molecule has 5 heteroatoms. The highest BCUT2D eigenvalue weighted by atomic mass is 16.2. The fourth-order valence-corrected chi connectivity index (χ4v) is 3.00. The molecule has 2 atom stereocenters. The summed E-state index contributed by atoms with van der Waals surface area (Å²) in [4.78, 5) is 18.5. The number of nitrogens with two attached hydrogens (primary N) is 1. The topological polar surface area (TPSA) is 64.2 Å². The zero-order chi connectivity index (χ0) is 14.0. The second kappa shape index (κ2) is 5.33. The van der Waals surface area contributed by atoms with Gasteiger partial charge in [0.25, 0.3) is 0 Å². The lowest BCUT2D eigenvalue weighted by Gasteiger charge is -2.37. The molecule has 0 radical (unpaired) electrons. The molecular formula is C14H24N4O. The van der Waals surface area contributed by atoms with Gasteiger partial charge in [0.15, 0.2) is 0 Å². The van der Waals surface area contributed by atoms with Crippen LogP contribution >= 0.6 is 0 Å². The Hall–Kier alpha value is -1.36. The van der Waals surface area contributed by atoms with Crippen LogP contribution in [0.25, 0.3) is 0 Å². The highest BCUT2D eigenvalue weighted by Crippen LogP contribution is 2.31. The van der Waals surface area contributed by atoms with Crippen molar-refractivity contribution in [2.45, 2.75) is 44.7 Å². The number of rotatable bonds is 3. The van der Waals surface area contributed by atoms with Gasteiger partial charge in [-0.25, -0.2) is 4.98 Å². The second-order valence-electron chi connectivity index (χ2n) is 5.97. The van der Waals surface area contributed by atoms with E-state index in [1.54, 1.807) is 11.1 Å². The van der Waals surface area contributed by atoms with Crippen LogP contribution in [0.5, 0.6) is 0 Å². The number of aryl methyl sites for hydroxylation is 1. The van der Waals surface area contributed by atoms with E-state index < -0.39 is 5.54 Å². The lowest BCUT2D eigenvalue weighted by molar-refractivity contribution is -0.138. The van der Waals surface area contributed by atoms with Gasteiger partial charge in [0.2, 0.25) is 5.91 Å². The Morgan fingerprint density at radius 1 is 1.68 bits per heavy atom. The fourth-order valence-electron chi connectivity index (χ4n) is 3.00. The van der Waals surface area contributed by atoms with Crippen molar-refractivity contribution < 1.29 is 4.79 Å². The third-order valence-electron chi connectivity index (χ3n) is 4.10. The molecule has 1 fully saturated rings. The molecule has 1 aliphatic carbocycles. The number of aromatic nitrogens is 2. The molecular weight excluding hydrogens is 240 g/mol. The molecule has 106 valence electrons. The number of nitrogens with zero attached hydrogens (tertiary/aromatic N) is 3. The smallest absolute Gasteiger partial charge is 0.242 e. The molecule has 5 nitrogen and oxygen atoms in total. The summed E-state index contributed by atoms with van der Waals surface area (Å²) >= 11 is 0. The highest BCUT2D eigenvalue weighted by molar-refractivity contribution is 5.86. The first-order chi connectivity index (χ1) is 8.92. The van der Waals surface area contributed by atoms with E-state index in [0.29, 0.717) is 12.5 Å². The van der Waals surface area contributed by atoms with Crippen molar-refractivity contribution in [3.8, 4) is 0 Å². The number of hydrogen-bond acceptors (Lipinski definition) is 3. The number of hydrogen-bond donors (Lipinski definition) is 1. The largest absolute Gasteiger partial charge is 0.337 e. The van der Waals surface area contributed by atoms with Crippen LogP contribution in [0.4, 0.5) is 0 Å². The first-order valence-electron chi connectivity index (χ1n) is 6.93. The Bertz CT molecular complexity index is 456. The third kappa shape index (κ3) is 2.97. The average Bonchev–Trinajstić information content (AvgIpc) is 2.73. The summed E-state index contributed by atoms with van der Waals surface area (Å²) in [7, 11) is 3.74. The van der Waals surface area contributed by atoms with Crippen LogP contribution in [-0.2, 0) is 18.4 Å². The van der Waals surface area contributed by atoms with Gasteiger partial charge in [-0.15, -0.1) is 0 Å². The van der Waals surface area contributed by atoms with E-state index in [0.717, 1.165) is 25.1 Å². The number of carbonyl (C=O) groups excluding carboxylic acids is 1. The minimum atomic E-state index is -0.683. The van der Waals surface area contributed by atoms with E-state index in [-0.39, 0.29) is 5.91 Å². The molecule has 0 saturated heterocycles. The monoisotopic (exact) mass is 264 g/mol.